The van der Waals surface area contributed by atoms with Crippen LogP contribution in [0.4, 0.5) is 0 Å². The zero-order valence-corrected chi connectivity index (χ0v) is 16.6. The van der Waals surface area contributed by atoms with Gasteiger partial charge in [-0.3, -0.25) is 19.4 Å². The van der Waals surface area contributed by atoms with E-state index in [0.29, 0.717) is 17.1 Å². The second-order valence-electron chi connectivity index (χ2n) is 7.13. The average molecular weight is 404 g/mol. The van der Waals surface area contributed by atoms with Crippen LogP contribution in [0, 0.1) is 12.8 Å². The van der Waals surface area contributed by atoms with Crippen LogP contribution in [0.3, 0.4) is 0 Å². The summed E-state index contributed by atoms with van der Waals surface area (Å²) in [6.07, 6.45) is 3.26. The van der Waals surface area contributed by atoms with Crippen molar-refractivity contribution < 1.29 is 23.5 Å². The largest absolute Gasteiger partial charge is 0.497 e. The molecular formula is C23H20N2O5. The number of methoxy groups -OCH3 is 1. The molecule has 1 amide bonds. The van der Waals surface area contributed by atoms with E-state index >= 15 is 0 Å². The van der Waals surface area contributed by atoms with Crippen molar-refractivity contribution in [3.63, 3.8) is 0 Å². The molecule has 4 rings (SSSR count). The lowest BCUT2D eigenvalue weighted by Gasteiger charge is -2.27. The topological polar surface area (TPSA) is 89.7 Å². The highest BCUT2D eigenvalue weighted by atomic mass is 16.5. The first-order valence-electron chi connectivity index (χ1n) is 9.48. The van der Waals surface area contributed by atoms with Gasteiger partial charge in [0.25, 0.3) is 5.91 Å². The van der Waals surface area contributed by atoms with Gasteiger partial charge in [0.05, 0.1) is 13.2 Å². The molecule has 0 radical (unpaired) electrons. The summed E-state index contributed by atoms with van der Waals surface area (Å²) in [5.74, 6) is -1.86. The highest BCUT2D eigenvalue weighted by Crippen LogP contribution is 2.39. The van der Waals surface area contributed by atoms with Crippen molar-refractivity contribution in [3.05, 3.63) is 83.6 Å². The summed E-state index contributed by atoms with van der Waals surface area (Å²) < 4.78 is 10.7. The number of rotatable bonds is 6. The van der Waals surface area contributed by atoms with Crippen molar-refractivity contribution in [3.8, 4) is 5.75 Å². The maximum atomic E-state index is 13.2. The highest BCUT2D eigenvalue weighted by molar-refractivity contribution is 6.43. The Morgan fingerprint density at radius 2 is 1.90 bits per heavy atom. The molecule has 2 atom stereocenters. The van der Waals surface area contributed by atoms with Crippen LogP contribution in [0.1, 0.15) is 33.5 Å². The van der Waals surface area contributed by atoms with E-state index in [2.05, 4.69) is 4.98 Å². The first-order chi connectivity index (χ1) is 14.5. The minimum absolute atomic E-state index is 0.0698. The van der Waals surface area contributed by atoms with Crippen LogP contribution in [-0.2, 0) is 16.1 Å². The predicted octanol–water partition coefficient (Wildman–Crippen LogP) is 3.14. The van der Waals surface area contributed by atoms with E-state index in [-0.39, 0.29) is 12.3 Å². The van der Waals surface area contributed by atoms with Gasteiger partial charge in [0.2, 0.25) is 11.6 Å². The summed E-state index contributed by atoms with van der Waals surface area (Å²) in [7, 11) is 1.55. The van der Waals surface area contributed by atoms with Crippen molar-refractivity contribution in [2.24, 2.45) is 5.92 Å². The van der Waals surface area contributed by atoms with E-state index in [4.69, 9.17) is 9.15 Å². The summed E-state index contributed by atoms with van der Waals surface area (Å²) in [4.78, 5) is 44.6. The number of nitrogens with zero attached hydrogens (tertiary/aromatic N) is 2. The van der Waals surface area contributed by atoms with E-state index in [1.165, 1.54) is 11.0 Å². The molecule has 1 aromatic carbocycles. The Morgan fingerprint density at radius 3 is 2.50 bits per heavy atom. The molecular weight excluding hydrogens is 384 g/mol. The molecule has 1 saturated heterocycles. The Kier molecular flexibility index (Phi) is 5.18. The molecule has 0 saturated carbocycles. The fourth-order valence-electron chi connectivity index (χ4n) is 3.74. The third-order valence-electron chi connectivity index (χ3n) is 5.20. The van der Waals surface area contributed by atoms with E-state index < -0.39 is 29.4 Å². The number of aryl methyl sites for hydroxylation is 1. The second kappa shape index (κ2) is 7.94. The lowest BCUT2D eigenvalue weighted by Crippen LogP contribution is -2.30. The molecule has 2 unspecified atom stereocenters. The number of hydrogen-bond acceptors (Lipinski definition) is 6. The Morgan fingerprint density at radius 1 is 1.13 bits per heavy atom. The number of carbonyl (C=O) groups is 3. The summed E-state index contributed by atoms with van der Waals surface area (Å²) in [6.45, 7) is 1.88. The van der Waals surface area contributed by atoms with Crippen LogP contribution in [0.2, 0.25) is 0 Å². The minimum atomic E-state index is -1.19. The maximum absolute atomic E-state index is 13.2. The molecule has 1 aliphatic rings. The number of ketones is 2. The zero-order chi connectivity index (χ0) is 21.3. The number of pyridine rings is 1. The number of hydrogen-bond donors (Lipinski definition) is 0. The second-order valence-corrected chi connectivity index (χ2v) is 7.13. The van der Waals surface area contributed by atoms with Crippen LogP contribution in [0.15, 0.2) is 65.3 Å². The van der Waals surface area contributed by atoms with Crippen LogP contribution in [-0.4, -0.2) is 34.5 Å². The van der Waals surface area contributed by atoms with Gasteiger partial charge in [-0.15, -0.1) is 0 Å². The molecule has 3 heterocycles. The molecule has 30 heavy (non-hydrogen) atoms. The molecule has 7 heteroatoms. The van der Waals surface area contributed by atoms with Gasteiger partial charge < -0.3 is 14.1 Å². The third kappa shape index (κ3) is 3.50. The number of furan rings is 1. The number of amides is 1. The third-order valence-corrected chi connectivity index (χ3v) is 5.20. The molecule has 3 aromatic rings. The Labute approximate surface area is 173 Å². The first-order valence-corrected chi connectivity index (χ1v) is 9.48. The normalized spacial score (nSPS) is 18.7. The van der Waals surface area contributed by atoms with Gasteiger partial charge in [-0.25, -0.2) is 0 Å². The molecule has 0 bridgehead atoms. The van der Waals surface area contributed by atoms with Gasteiger partial charge in [0, 0.05) is 18.9 Å². The summed E-state index contributed by atoms with van der Waals surface area (Å²) in [5.41, 5.74) is 1.43. The summed E-state index contributed by atoms with van der Waals surface area (Å²) in [6, 6.07) is 13.0. The monoisotopic (exact) mass is 404 g/mol. The number of likely N-dealkylation sites (tertiary alicyclic amines) is 1. The first kappa shape index (κ1) is 19.6. The van der Waals surface area contributed by atoms with Gasteiger partial charge in [-0.2, -0.15) is 0 Å². The van der Waals surface area contributed by atoms with Crippen LogP contribution >= 0.6 is 0 Å². The van der Waals surface area contributed by atoms with Gasteiger partial charge in [0.15, 0.2) is 5.76 Å². The van der Waals surface area contributed by atoms with Gasteiger partial charge >= 0.3 is 0 Å². The molecule has 7 nitrogen and oxygen atoms in total. The number of ether oxygens (including phenoxy) is 1. The summed E-state index contributed by atoms with van der Waals surface area (Å²) in [5, 5.41) is 0. The Bertz CT molecular complexity index is 1090. The molecule has 1 aliphatic heterocycles. The average Bonchev–Trinajstić information content (AvgIpc) is 3.31. The van der Waals surface area contributed by atoms with Gasteiger partial charge in [-0.05, 0) is 48.4 Å². The van der Waals surface area contributed by atoms with Crippen molar-refractivity contribution in [1.82, 2.24) is 9.88 Å². The molecule has 1 fully saturated rings. The summed E-state index contributed by atoms with van der Waals surface area (Å²) >= 11 is 0. The van der Waals surface area contributed by atoms with Crippen LogP contribution in [0.5, 0.6) is 5.75 Å². The highest BCUT2D eigenvalue weighted by Gasteiger charge is 2.52. The lowest BCUT2D eigenvalue weighted by atomic mass is 9.88. The van der Waals surface area contributed by atoms with Crippen LogP contribution in [0.25, 0.3) is 0 Å². The van der Waals surface area contributed by atoms with Gasteiger partial charge in [-0.1, -0.05) is 18.2 Å². The number of carbonyl (C=O) groups excluding carboxylic acids is 3. The van der Waals surface area contributed by atoms with Crippen molar-refractivity contribution in [2.45, 2.75) is 19.5 Å². The van der Waals surface area contributed by atoms with Crippen molar-refractivity contribution in [1.29, 1.82) is 0 Å². The number of Topliss-reactive ketones (excluding diaryl/α,β-unsaturated/α-hetero) is 2. The predicted molar refractivity (Wildman–Crippen MR) is 107 cm³/mol. The van der Waals surface area contributed by atoms with Gasteiger partial charge in [0.1, 0.15) is 17.4 Å². The molecule has 0 aliphatic carbocycles. The number of benzene rings is 1. The van der Waals surface area contributed by atoms with E-state index in [0.717, 1.165) is 5.56 Å². The molecule has 152 valence electrons. The van der Waals surface area contributed by atoms with E-state index in [1.807, 2.05) is 6.07 Å². The van der Waals surface area contributed by atoms with Crippen molar-refractivity contribution in [2.75, 3.05) is 7.11 Å². The molecule has 2 aromatic heterocycles. The Hall–Kier alpha value is -3.74. The quantitative estimate of drug-likeness (QED) is 0.356. The standard InChI is InChI=1S/C23H20N2O5/c1-14-5-10-18(30-14)21(26)19-20(16-6-8-17(29-2)9-7-16)25(23(28)22(19)27)13-15-4-3-11-24-12-15/h3-12,19-20H,13H2,1-2H3. The minimum Gasteiger partial charge on any atom is -0.497 e. The molecule has 0 N–H and O–H groups in total. The SMILES string of the molecule is COc1ccc(C2C(C(=O)c3ccc(C)o3)C(=O)C(=O)N2Cc2cccnc2)cc1. The Balaban J connectivity index is 1.77. The van der Waals surface area contributed by atoms with E-state index in [1.54, 1.807) is 62.8 Å². The maximum Gasteiger partial charge on any atom is 0.291 e. The zero-order valence-electron chi connectivity index (χ0n) is 16.6. The fourth-order valence-corrected chi connectivity index (χ4v) is 3.74. The van der Waals surface area contributed by atoms with Crippen molar-refractivity contribution >= 4 is 17.5 Å². The van der Waals surface area contributed by atoms with Crippen LogP contribution < -0.4 is 4.74 Å². The lowest BCUT2D eigenvalue weighted by molar-refractivity contribution is -0.141. The van der Waals surface area contributed by atoms with E-state index in [9.17, 15) is 14.4 Å². The smallest absolute Gasteiger partial charge is 0.291 e. The molecule has 0 spiro atoms. The fraction of sp³-hybridized carbons (Fsp3) is 0.217. The number of aromatic nitrogens is 1.